The van der Waals surface area contributed by atoms with Crippen LogP contribution in [0.1, 0.15) is 11.1 Å². The molecule has 0 saturated carbocycles. The Morgan fingerprint density at radius 3 is 2.18 bits per heavy atom. The van der Waals surface area contributed by atoms with Crippen LogP contribution in [0.25, 0.3) is 0 Å². The van der Waals surface area contributed by atoms with Crippen LogP contribution in [0.5, 0.6) is 0 Å². The molecule has 22 heavy (non-hydrogen) atoms. The van der Waals surface area contributed by atoms with Crippen molar-refractivity contribution in [3.05, 3.63) is 95.3 Å². The number of halogens is 1. The first kappa shape index (κ1) is 14.6. The summed E-state index contributed by atoms with van der Waals surface area (Å²) in [5.74, 6) is 0. The molecule has 0 bridgehead atoms. The van der Waals surface area contributed by atoms with Crippen molar-refractivity contribution in [1.82, 2.24) is 4.98 Å². The Bertz CT molecular complexity index is 697. The fourth-order valence-corrected chi connectivity index (χ4v) is 2.53. The summed E-state index contributed by atoms with van der Waals surface area (Å²) in [4.78, 5) is 6.54. The van der Waals surface area contributed by atoms with E-state index >= 15 is 0 Å². The molecule has 0 aliphatic heterocycles. The minimum absolute atomic E-state index is 0.766. The Balaban J connectivity index is 1.84. The molecule has 0 aliphatic rings. The fraction of sp³-hybridized carbons (Fsp3) is 0.105. The largest absolute Gasteiger partial charge is 0.363 e. The molecule has 0 saturated heterocycles. The van der Waals surface area contributed by atoms with Crippen molar-refractivity contribution in [3.8, 4) is 0 Å². The lowest BCUT2D eigenvalue weighted by molar-refractivity contribution is 0.797. The second kappa shape index (κ2) is 7.10. The van der Waals surface area contributed by atoms with E-state index in [0.717, 1.165) is 18.1 Å². The highest BCUT2D eigenvalue weighted by atomic mass is 35.5. The lowest BCUT2D eigenvalue weighted by atomic mass is 10.1. The van der Waals surface area contributed by atoms with Crippen LogP contribution in [-0.4, -0.2) is 4.98 Å². The molecule has 0 amide bonds. The smallest absolute Gasteiger partial charge is 0.0448 e. The summed E-state index contributed by atoms with van der Waals surface area (Å²) in [6.45, 7) is 1.65. The normalized spacial score (nSPS) is 10.4. The van der Waals surface area contributed by atoms with Gasteiger partial charge in [0.05, 0.1) is 0 Å². The van der Waals surface area contributed by atoms with Crippen LogP contribution in [0.2, 0.25) is 5.02 Å². The maximum absolute atomic E-state index is 5.97. The van der Waals surface area contributed by atoms with Gasteiger partial charge in [0.25, 0.3) is 0 Å². The highest BCUT2D eigenvalue weighted by Gasteiger charge is 2.08. The molecule has 0 aliphatic carbocycles. The molecule has 0 unspecified atom stereocenters. The van der Waals surface area contributed by atoms with Gasteiger partial charge in [-0.15, -0.1) is 0 Å². The van der Waals surface area contributed by atoms with Gasteiger partial charge >= 0.3 is 0 Å². The molecule has 3 heteroatoms. The maximum atomic E-state index is 5.97. The maximum Gasteiger partial charge on any atom is 0.0448 e. The molecule has 2 aromatic carbocycles. The number of nitrogens with zero attached hydrogens (tertiary/aromatic N) is 2. The minimum Gasteiger partial charge on any atom is -0.363 e. The van der Waals surface area contributed by atoms with E-state index in [4.69, 9.17) is 11.6 Å². The molecular formula is C19H17ClN2. The standard InChI is InChI=1S/C19H17ClN2/c20-18-10-8-16(9-11-18)14-22(19-6-2-1-3-7-19)15-17-5-4-12-21-13-17/h1-13H,14-15H2. The predicted octanol–water partition coefficient (Wildman–Crippen LogP) is 4.94. The van der Waals surface area contributed by atoms with Crippen molar-refractivity contribution in [3.63, 3.8) is 0 Å². The highest BCUT2D eigenvalue weighted by molar-refractivity contribution is 6.30. The first-order valence-corrected chi connectivity index (χ1v) is 7.62. The third kappa shape index (κ3) is 3.86. The van der Waals surface area contributed by atoms with Crippen LogP contribution in [0.4, 0.5) is 5.69 Å². The molecule has 2 nitrogen and oxygen atoms in total. The number of aromatic nitrogens is 1. The Morgan fingerprint density at radius 2 is 1.50 bits per heavy atom. The lowest BCUT2D eigenvalue weighted by Crippen LogP contribution is -2.22. The fourth-order valence-electron chi connectivity index (χ4n) is 2.40. The first-order chi connectivity index (χ1) is 10.8. The molecule has 1 heterocycles. The van der Waals surface area contributed by atoms with Crippen molar-refractivity contribution in [2.45, 2.75) is 13.1 Å². The van der Waals surface area contributed by atoms with E-state index in [0.29, 0.717) is 0 Å². The number of pyridine rings is 1. The second-order valence-electron chi connectivity index (χ2n) is 5.18. The van der Waals surface area contributed by atoms with Crippen molar-refractivity contribution in [2.75, 3.05) is 4.90 Å². The molecule has 0 fully saturated rings. The number of hydrogen-bond donors (Lipinski definition) is 0. The van der Waals surface area contributed by atoms with Gasteiger partial charge < -0.3 is 4.90 Å². The van der Waals surface area contributed by atoms with Crippen molar-refractivity contribution in [1.29, 1.82) is 0 Å². The van der Waals surface area contributed by atoms with Crippen molar-refractivity contribution in [2.24, 2.45) is 0 Å². The summed E-state index contributed by atoms with van der Waals surface area (Å²) in [6, 6.07) is 22.5. The Morgan fingerprint density at radius 1 is 0.773 bits per heavy atom. The summed E-state index contributed by atoms with van der Waals surface area (Å²) in [5.41, 5.74) is 3.62. The Kier molecular flexibility index (Phi) is 4.71. The van der Waals surface area contributed by atoms with Gasteiger partial charge in [0.15, 0.2) is 0 Å². The van der Waals surface area contributed by atoms with Crippen LogP contribution in [-0.2, 0) is 13.1 Å². The predicted molar refractivity (Wildman–Crippen MR) is 92.0 cm³/mol. The van der Waals surface area contributed by atoms with Crippen LogP contribution in [0.15, 0.2) is 79.1 Å². The van der Waals surface area contributed by atoms with E-state index in [1.165, 1.54) is 16.8 Å². The summed E-state index contributed by atoms with van der Waals surface area (Å²) in [6.07, 6.45) is 3.72. The summed E-state index contributed by atoms with van der Waals surface area (Å²) in [7, 11) is 0. The zero-order valence-corrected chi connectivity index (χ0v) is 12.9. The summed E-state index contributed by atoms with van der Waals surface area (Å²) >= 11 is 5.97. The summed E-state index contributed by atoms with van der Waals surface area (Å²) < 4.78 is 0. The van der Waals surface area contributed by atoms with Gasteiger partial charge in [-0.3, -0.25) is 4.98 Å². The van der Waals surface area contributed by atoms with Gasteiger partial charge in [-0.2, -0.15) is 0 Å². The molecule has 0 atom stereocenters. The molecule has 110 valence electrons. The van der Waals surface area contributed by atoms with Gasteiger partial charge in [0.1, 0.15) is 0 Å². The van der Waals surface area contributed by atoms with E-state index in [9.17, 15) is 0 Å². The van der Waals surface area contributed by atoms with E-state index in [1.54, 1.807) is 6.20 Å². The van der Waals surface area contributed by atoms with Crippen molar-refractivity contribution >= 4 is 17.3 Å². The van der Waals surface area contributed by atoms with Gasteiger partial charge in [-0.25, -0.2) is 0 Å². The van der Waals surface area contributed by atoms with Gasteiger partial charge in [-0.05, 0) is 41.5 Å². The number of benzene rings is 2. The van der Waals surface area contributed by atoms with E-state index in [2.05, 4.69) is 52.3 Å². The lowest BCUT2D eigenvalue weighted by Gasteiger charge is -2.25. The van der Waals surface area contributed by atoms with Gasteiger partial charge in [0, 0.05) is 36.2 Å². The zero-order chi connectivity index (χ0) is 15.2. The molecule has 0 radical (unpaired) electrons. The van der Waals surface area contributed by atoms with E-state index in [-0.39, 0.29) is 0 Å². The van der Waals surface area contributed by atoms with E-state index in [1.807, 2.05) is 30.5 Å². The van der Waals surface area contributed by atoms with Crippen LogP contribution < -0.4 is 4.90 Å². The minimum atomic E-state index is 0.766. The second-order valence-corrected chi connectivity index (χ2v) is 5.62. The zero-order valence-electron chi connectivity index (χ0n) is 12.2. The topological polar surface area (TPSA) is 16.1 Å². The third-order valence-electron chi connectivity index (χ3n) is 3.50. The molecule has 0 N–H and O–H groups in total. The highest BCUT2D eigenvalue weighted by Crippen LogP contribution is 2.20. The Hall–Kier alpha value is -2.32. The van der Waals surface area contributed by atoms with Gasteiger partial charge in [-0.1, -0.05) is 48.0 Å². The molecule has 3 aromatic rings. The first-order valence-electron chi connectivity index (χ1n) is 7.24. The number of anilines is 1. The molecular weight excluding hydrogens is 292 g/mol. The average Bonchev–Trinajstić information content (AvgIpc) is 2.58. The average molecular weight is 309 g/mol. The third-order valence-corrected chi connectivity index (χ3v) is 3.76. The Labute approximate surface area is 136 Å². The molecule has 0 spiro atoms. The van der Waals surface area contributed by atoms with Crippen molar-refractivity contribution < 1.29 is 0 Å². The monoisotopic (exact) mass is 308 g/mol. The van der Waals surface area contributed by atoms with Gasteiger partial charge in [0.2, 0.25) is 0 Å². The molecule has 3 rings (SSSR count). The molecule has 1 aromatic heterocycles. The van der Waals surface area contributed by atoms with Crippen LogP contribution in [0.3, 0.4) is 0 Å². The number of hydrogen-bond acceptors (Lipinski definition) is 2. The number of para-hydroxylation sites is 1. The quantitative estimate of drug-likeness (QED) is 0.663. The van der Waals surface area contributed by atoms with E-state index < -0.39 is 0 Å². The van der Waals surface area contributed by atoms with Crippen LogP contribution >= 0.6 is 11.6 Å². The SMILES string of the molecule is Clc1ccc(CN(Cc2cccnc2)c2ccccc2)cc1. The summed E-state index contributed by atoms with van der Waals surface area (Å²) in [5, 5.41) is 0.766. The number of rotatable bonds is 5. The van der Waals surface area contributed by atoms with Crippen LogP contribution in [0, 0.1) is 0 Å².